The maximum Gasteiger partial charge on any atom is -0.00869 e. The smallest absolute Gasteiger partial charge is 0.00869 e. The van der Waals surface area contributed by atoms with Crippen molar-refractivity contribution in [2.45, 2.75) is 19.3 Å². The third-order valence-electron chi connectivity index (χ3n) is 2.43. The van der Waals surface area contributed by atoms with Gasteiger partial charge < -0.3 is 0 Å². The second-order valence-electron chi connectivity index (χ2n) is 3.22. The van der Waals surface area contributed by atoms with Gasteiger partial charge in [0.25, 0.3) is 0 Å². The SMILES string of the molecule is C=CCc1cccc2c1CC[CH]2. The van der Waals surface area contributed by atoms with E-state index in [0.717, 1.165) is 6.42 Å². The molecular formula is C12H13. The maximum absolute atomic E-state index is 3.77. The van der Waals surface area contributed by atoms with E-state index in [2.05, 4.69) is 31.2 Å². The Morgan fingerprint density at radius 3 is 3.17 bits per heavy atom. The van der Waals surface area contributed by atoms with Crippen LogP contribution in [0.2, 0.25) is 0 Å². The van der Waals surface area contributed by atoms with E-state index in [-0.39, 0.29) is 0 Å². The Kier molecular flexibility index (Phi) is 1.99. The molecule has 1 aromatic rings. The summed E-state index contributed by atoms with van der Waals surface area (Å²) < 4.78 is 0. The van der Waals surface area contributed by atoms with E-state index >= 15 is 0 Å². The molecule has 0 atom stereocenters. The number of benzene rings is 1. The first-order chi connectivity index (χ1) is 5.92. The first-order valence-electron chi connectivity index (χ1n) is 4.46. The van der Waals surface area contributed by atoms with Gasteiger partial charge in [0.1, 0.15) is 0 Å². The van der Waals surface area contributed by atoms with Gasteiger partial charge >= 0.3 is 0 Å². The molecule has 2 rings (SSSR count). The van der Waals surface area contributed by atoms with Crippen molar-refractivity contribution in [2.24, 2.45) is 0 Å². The molecule has 0 amide bonds. The van der Waals surface area contributed by atoms with Gasteiger partial charge in [0.2, 0.25) is 0 Å². The van der Waals surface area contributed by atoms with Crippen LogP contribution in [0.15, 0.2) is 30.9 Å². The fourth-order valence-electron chi connectivity index (χ4n) is 1.87. The van der Waals surface area contributed by atoms with Crippen LogP contribution >= 0.6 is 0 Å². The molecule has 0 N–H and O–H groups in total. The summed E-state index contributed by atoms with van der Waals surface area (Å²) in [6.45, 7) is 3.77. The molecule has 0 heterocycles. The molecule has 0 spiro atoms. The molecule has 0 saturated heterocycles. The zero-order chi connectivity index (χ0) is 8.39. The topological polar surface area (TPSA) is 0 Å². The van der Waals surface area contributed by atoms with Crippen LogP contribution in [0.3, 0.4) is 0 Å². The summed E-state index contributed by atoms with van der Waals surface area (Å²) in [5.74, 6) is 0. The zero-order valence-electron chi connectivity index (χ0n) is 7.22. The number of allylic oxidation sites excluding steroid dienone is 1. The first-order valence-corrected chi connectivity index (χ1v) is 4.46. The highest BCUT2D eigenvalue weighted by Gasteiger charge is 2.12. The summed E-state index contributed by atoms with van der Waals surface area (Å²) in [7, 11) is 0. The van der Waals surface area contributed by atoms with Crippen molar-refractivity contribution >= 4 is 0 Å². The van der Waals surface area contributed by atoms with E-state index in [9.17, 15) is 0 Å². The van der Waals surface area contributed by atoms with Crippen LogP contribution < -0.4 is 0 Å². The van der Waals surface area contributed by atoms with Crippen molar-refractivity contribution in [3.63, 3.8) is 0 Å². The molecule has 1 aromatic carbocycles. The minimum atomic E-state index is 1.01. The predicted octanol–water partition coefficient (Wildman–Crippen LogP) is 2.91. The third-order valence-corrected chi connectivity index (χ3v) is 2.43. The summed E-state index contributed by atoms with van der Waals surface area (Å²) in [6.07, 6.45) is 7.75. The van der Waals surface area contributed by atoms with Crippen LogP contribution in [0.1, 0.15) is 23.1 Å². The lowest BCUT2D eigenvalue weighted by Crippen LogP contribution is -1.90. The number of hydrogen-bond acceptors (Lipinski definition) is 0. The maximum atomic E-state index is 3.77. The normalized spacial score (nSPS) is 14.3. The molecule has 0 aromatic heterocycles. The fourth-order valence-corrected chi connectivity index (χ4v) is 1.87. The van der Waals surface area contributed by atoms with E-state index in [4.69, 9.17) is 0 Å². The molecule has 12 heavy (non-hydrogen) atoms. The Morgan fingerprint density at radius 2 is 2.33 bits per heavy atom. The summed E-state index contributed by atoms with van der Waals surface area (Å²) in [5.41, 5.74) is 4.43. The Labute approximate surface area is 73.9 Å². The average Bonchev–Trinajstić information content (AvgIpc) is 2.53. The average molecular weight is 157 g/mol. The monoisotopic (exact) mass is 157 g/mol. The number of hydrogen-bond donors (Lipinski definition) is 0. The number of fused-ring (bicyclic) bond motifs is 1. The van der Waals surface area contributed by atoms with Crippen LogP contribution in [0.5, 0.6) is 0 Å². The molecule has 0 aliphatic heterocycles. The van der Waals surface area contributed by atoms with Gasteiger partial charge in [0, 0.05) is 0 Å². The Hall–Kier alpha value is -1.04. The first kappa shape index (κ1) is 7.60. The summed E-state index contributed by atoms with van der Waals surface area (Å²) in [5, 5.41) is 0. The highest BCUT2D eigenvalue weighted by atomic mass is 14.2. The van der Waals surface area contributed by atoms with Crippen molar-refractivity contribution in [1.82, 2.24) is 0 Å². The molecule has 0 bridgehead atoms. The van der Waals surface area contributed by atoms with E-state index in [1.807, 2.05) is 6.08 Å². The molecule has 1 aliphatic rings. The van der Waals surface area contributed by atoms with Crippen LogP contribution in [0, 0.1) is 6.42 Å². The van der Waals surface area contributed by atoms with E-state index in [1.54, 1.807) is 0 Å². The molecule has 1 radical (unpaired) electrons. The van der Waals surface area contributed by atoms with Crippen molar-refractivity contribution in [2.75, 3.05) is 0 Å². The highest BCUT2D eigenvalue weighted by Crippen LogP contribution is 2.26. The molecule has 0 fully saturated rings. The standard InChI is InChI=1S/C12H13/c1-2-5-10-6-3-7-11-8-4-9-12(10)11/h2-3,6-8H,1,4-5,9H2. The van der Waals surface area contributed by atoms with Gasteiger partial charge in [0.15, 0.2) is 0 Å². The largest absolute Gasteiger partial charge is 0.103 e. The van der Waals surface area contributed by atoms with Gasteiger partial charge in [0.05, 0.1) is 0 Å². The molecule has 61 valence electrons. The van der Waals surface area contributed by atoms with E-state index in [0.29, 0.717) is 0 Å². The van der Waals surface area contributed by atoms with Gasteiger partial charge in [-0.2, -0.15) is 0 Å². The minimum absolute atomic E-state index is 1.01. The Bertz CT molecular complexity index is 297. The minimum Gasteiger partial charge on any atom is -0.103 e. The van der Waals surface area contributed by atoms with Crippen LogP contribution in [0.25, 0.3) is 0 Å². The molecule has 0 saturated carbocycles. The number of rotatable bonds is 2. The molecule has 0 unspecified atom stereocenters. The summed E-state index contributed by atoms with van der Waals surface area (Å²) >= 11 is 0. The van der Waals surface area contributed by atoms with Gasteiger partial charge in [-0.25, -0.2) is 0 Å². The Balaban J connectivity index is 2.42. The zero-order valence-corrected chi connectivity index (χ0v) is 7.22. The lowest BCUT2D eigenvalue weighted by atomic mass is 10.0. The highest BCUT2D eigenvalue weighted by molar-refractivity contribution is 5.43. The lowest BCUT2D eigenvalue weighted by molar-refractivity contribution is 1.01. The molecule has 0 nitrogen and oxygen atoms in total. The van der Waals surface area contributed by atoms with Crippen molar-refractivity contribution < 1.29 is 0 Å². The third kappa shape index (κ3) is 1.18. The lowest BCUT2D eigenvalue weighted by Gasteiger charge is -2.04. The summed E-state index contributed by atoms with van der Waals surface area (Å²) in [4.78, 5) is 0. The van der Waals surface area contributed by atoms with E-state index < -0.39 is 0 Å². The van der Waals surface area contributed by atoms with Crippen molar-refractivity contribution in [3.05, 3.63) is 54.0 Å². The molecule has 0 heteroatoms. The van der Waals surface area contributed by atoms with Gasteiger partial charge in [-0.3, -0.25) is 0 Å². The van der Waals surface area contributed by atoms with Crippen molar-refractivity contribution in [3.8, 4) is 0 Å². The van der Waals surface area contributed by atoms with Crippen LogP contribution in [0.4, 0.5) is 0 Å². The fraction of sp³-hybridized carbons (Fsp3) is 0.250. The van der Waals surface area contributed by atoms with Crippen LogP contribution in [-0.2, 0) is 12.8 Å². The van der Waals surface area contributed by atoms with E-state index in [1.165, 1.54) is 29.5 Å². The van der Waals surface area contributed by atoms with Crippen molar-refractivity contribution in [1.29, 1.82) is 0 Å². The van der Waals surface area contributed by atoms with Crippen LogP contribution in [-0.4, -0.2) is 0 Å². The molecule has 1 aliphatic carbocycles. The molecular weight excluding hydrogens is 144 g/mol. The quantitative estimate of drug-likeness (QED) is 0.579. The summed E-state index contributed by atoms with van der Waals surface area (Å²) in [6, 6.07) is 6.55. The second kappa shape index (κ2) is 3.14. The predicted molar refractivity (Wildman–Crippen MR) is 52.1 cm³/mol. The van der Waals surface area contributed by atoms with Gasteiger partial charge in [-0.15, -0.1) is 6.58 Å². The Morgan fingerprint density at radius 1 is 1.42 bits per heavy atom. The van der Waals surface area contributed by atoms with Gasteiger partial charge in [-0.1, -0.05) is 24.3 Å². The van der Waals surface area contributed by atoms with Gasteiger partial charge in [-0.05, 0) is 42.4 Å². The second-order valence-corrected chi connectivity index (χ2v) is 3.22.